The second-order valence-electron chi connectivity index (χ2n) is 6.32. The summed E-state index contributed by atoms with van der Waals surface area (Å²) in [5, 5.41) is 0. The third-order valence-corrected chi connectivity index (χ3v) is 4.85. The molecule has 1 aliphatic carbocycles. The molecule has 3 nitrogen and oxygen atoms in total. The van der Waals surface area contributed by atoms with Crippen LogP contribution in [0.15, 0.2) is 46.6 Å². The van der Waals surface area contributed by atoms with Gasteiger partial charge < -0.3 is 0 Å². The number of halogens is 1. The molecule has 0 amide bonds. The van der Waals surface area contributed by atoms with Crippen LogP contribution in [0.4, 0.5) is 0 Å². The van der Waals surface area contributed by atoms with E-state index < -0.39 is 5.92 Å². The molecule has 1 aromatic heterocycles. The lowest BCUT2D eigenvalue weighted by Crippen LogP contribution is -2.18. The fourth-order valence-electron chi connectivity index (χ4n) is 3.44. The van der Waals surface area contributed by atoms with Crippen LogP contribution in [0.25, 0.3) is 0 Å². The van der Waals surface area contributed by atoms with Crippen molar-refractivity contribution in [1.82, 2.24) is 4.98 Å². The number of hydrogen-bond donors (Lipinski definition) is 0. The molecule has 1 aliphatic rings. The highest BCUT2D eigenvalue weighted by atomic mass is 79.9. The van der Waals surface area contributed by atoms with E-state index in [1.54, 1.807) is 6.20 Å². The molecule has 3 rings (SSSR count). The number of Topliss-reactive ketones (excluding diaryl/α,β-unsaturated/α-hetero) is 1. The Balaban J connectivity index is 1.93. The number of carbonyl (C=O) groups is 2. The molecule has 4 heteroatoms. The molecule has 1 atom stereocenters. The van der Waals surface area contributed by atoms with E-state index in [-0.39, 0.29) is 11.6 Å². The van der Waals surface area contributed by atoms with Crippen LogP contribution in [0, 0.1) is 20.8 Å². The van der Waals surface area contributed by atoms with Gasteiger partial charge in [-0.1, -0.05) is 33.6 Å². The zero-order valence-electron chi connectivity index (χ0n) is 13.9. The van der Waals surface area contributed by atoms with Gasteiger partial charge in [0.1, 0.15) is 5.92 Å². The van der Waals surface area contributed by atoms with E-state index in [4.69, 9.17) is 0 Å². The molecule has 0 saturated heterocycles. The second-order valence-corrected chi connectivity index (χ2v) is 7.24. The van der Waals surface area contributed by atoms with Crippen LogP contribution in [-0.4, -0.2) is 16.6 Å². The van der Waals surface area contributed by atoms with Crippen molar-refractivity contribution in [2.24, 2.45) is 0 Å². The summed E-state index contributed by atoms with van der Waals surface area (Å²) in [5.74, 6) is -0.926. The molecule has 0 fully saturated rings. The highest BCUT2D eigenvalue weighted by Crippen LogP contribution is 2.34. The maximum absolute atomic E-state index is 12.9. The summed E-state index contributed by atoms with van der Waals surface area (Å²) in [5.41, 5.74) is 5.29. The van der Waals surface area contributed by atoms with Crippen LogP contribution < -0.4 is 0 Å². The zero-order chi connectivity index (χ0) is 17.4. The molecule has 0 aliphatic heterocycles. The Labute approximate surface area is 149 Å². The van der Waals surface area contributed by atoms with Crippen LogP contribution in [0.1, 0.15) is 33.9 Å². The molecule has 1 aromatic carbocycles. The second kappa shape index (κ2) is 6.44. The molecule has 1 heterocycles. The number of benzene rings is 1. The van der Waals surface area contributed by atoms with E-state index >= 15 is 0 Å². The van der Waals surface area contributed by atoms with Gasteiger partial charge in [-0.15, -0.1) is 0 Å². The molecule has 0 radical (unpaired) electrons. The third-order valence-electron chi connectivity index (χ3n) is 4.36. The SMILES string of the molecule is Cc1cc(C)c(C2C(=O)C=C(Cc3cc(Br)ccn3)C2=O)c(C)c1. The standard InChI is InChI=1S/C20H18BrNO2/c1-11-6-12(2)18(13(3)7-11)19-17(23)9-14(20(19)24)8-16-10-15(21)4-5-22-16/h4-7,9-10,19H,8H2,1-3H3. The molecule has 1 unspecified atom stereocenters. The zero-order valence-corrected chi connectivity index (χ0v) is 15.5. The molecule has 24 heavy (non-hydrogen) atoms. The van der Waals surface area contributed by atoms with Crippen molar-refractivity contribution in [3.8, 4) is 0 Å². The van der Waals surface area contributed by atoms with Gasteiger partial charge in [0, 0.05) is 28.4 Å². The van der Waals surface area contributed by atoms with Crippen LogP contribution in [0.5, 0.6) is 0 Å². The minimum Gasteiger partial charge on any atom is -0.294 e. The highest BCUT2D eigenvalue weighted by molar-refractivity contribution is 9.10. The predicted molar refractivity (Wildman–Crippen MR) is 97.1 cm³/mol. The average Bonchev–Trinajstić information content (AvgIpc) is 2.74. The summed E-state index contributed by atoms with van der Waals surface area (Å²) in [6.07, 6.45) is 3.56. The van der Waals surface area contributed by atoms with Crippen molar-refractivity contribution in [1.29, 1.82) is 0 Å². The monoisotopic (exact) mass is 383 g/mol. The Morgan fingerprint density at radius 1 is 1.08 bits per heavy atom. The average molecular weight is 384 g/mol. The fourth-order valence-corrected chi connectivity index (χ4v) is 3.82. The lowest BCUT2D eigenvalue weighted by Gasteiger charge is -2.16. The molecule has 0 saturated carbocycles. The quantitative estimate of drug-likeness (QED) is 0.747. The van der Waals surface area contributed by atoms with Crippen molar-refractivity contribution < 1.29 is 9.59 Å². The number of pyridine rings is 1. The first kappa shape index (κ1) is 16.8. The summed E-state index contributed by atoms with van der Waals surface area (Å²) in [6.45, 7) is 5.94. The number of ketones is 2. The third kappa shape index (κ3) is 3.11. The van der Waals surface area contributed by atoms with Crippen LogP contribution in [-0.2, 0) is 16.0 Å². The van der Waals surface area contributed by atoms with Gasteiger partial charge in [0.15, 0.2) is 11.6 Å². The number of aromatic nitrogens is 1. The number of nitrogens with zero attached hydrogens (tertiary/aromatic N) is 1. The van der Waals surface area contributed by atoms with E-state index in [1.807, 2.05) is 45.0 Å². The van der Waals surface area contributed by atoms with E-state index in [9.17, 15) is 9.59 Å². The summed E-state index contributed by atoms with van der Waals surface area (Å²) < 4.78 is 0.909. The van der Waals surface area contributed by atoms with Crippen molar-refractivity contribution in [3.63, 3.8) is 0 Å². The van der Waals surface area contributed by atoms with Gasteiger partial charge >= 0.3 is 0 Å². The molecule has 0 bridgehead atoms. The van der Waals surface area contributed by atoms with E-state index in [2.05, 4.69) is 20.9 Å². The van der Waals surface area contributed by atoms with Gasteiger partial charge in [-0.25, -0.2) is 0 Å². The minimum absolute atomic E-state index is 0.100. The number of allylic oxidation sites excluding steroid dienone is 2. The van der Waals surface area contributed by atoms with E-state index in [0.29, 0.717) is 12.0 Å². The first-order valence-electron chi connectivity index (χ1n) is 7.83. The number of rotatable bonds is 3. The summed E-state index contributed by atoms with van der Waals surface area (Å²) in [4.78, 5) is 29.7. The maximum atomic E-state index is 12.9. The Morgan fingerprint density at radius 2 is 1.75 bits per heavy atom. The summed E-state index contributed by atoms with van der Waals surface area (Å²) in [6, 6.07) is 7.75. The Kier molecular flexibility index (Phi) is 4.50. The van der Waals surface area contributed by atoms with Crippen molar-refractivity contribution in [2.45, 2.75) is 33.1 Å². The van der Waals surface area contributed by atoms with Gasteiger partial charge in [0.05, 0.1) is 0 Å². The van der Waals surface area contributed by atoms with Crippen LogP contribution in [0.3, 0.4) is 0 Å². The van der Waals surface area contributed by atoms with Gasteiger partial charge in [-0.2, -0.15) is 0 Å². The highest BCUT2D eigenvalue weighted by Gasteiger charge is 2.37. The van der Waals surface area contributed by atoms with Crippen LogP contribution in [0.2, 0.25) is 0 Å². The molecular formula is C20H18BrNO2. The largest absolute Gasteiger partial charge is 0.294 e. The van der Waals surface area contributed by atoms with E-state index in [1.165, 1.54) is 6.08 Å². The Morgan fingerprint density at radius 3 is 2.38 bits per heavy atom. The molecule has 0 N–H and O–H groups in total. The number of aryl methyl sites for hydroxylation is 3. The first-order chi connectivity index (χ1) is 11.4. The fraction of sp³-hybridized carbons (Fsp3) is 0.250. The van der Waals surface area contributed by atoms with Gasteiger partial charge in [-0.05, 0) is 55.7 Å². The molecule has 2 aromatic rings. The topological polar surface area (TPSA) is 47.0 Å². The first-order valence-corrected chi connectivity index (χ1v) is 8.63. The number of hydrogen-bond acceptors (Lipinski definition) is 3. The predicted octanol–water partition coefficient (Wildman–Crippen LogP) is 4.17. The van der Waals surface area contributed by atoms with Gasteiger partial charge in [0.25, 0.3) is 0 Å². The van der Waals surface area contributed by atoms with Gasteiger partial charge in [0.2, 0.25) is 0 Å². The lowest BCUT2D eigenvalue weighted by molar-refractivity contribution is -0.122. The molecule has 122 valence electrons. The van der Waals surface area contributed by atoms with Crippen molar-refractivity contribution in [3.05, 3.63) is 74.5 Å². The Bertz CT molecular complexity index is 860. The minimum atomic E-state index is -0.701. The van der Waals surface area contributed by atoms with E-state index in [0.717, 1.165) is 32.4 Å². The summed E-state index contributed by atoms with van der Waals surface area (Å²) in [7, 11) is 0. The maximum Gasteiger partial charge on any atom is 0.174 e. The van der Waals surface area contributed by atoms with Crippen molar-refractivity contribution in [2.75, 3.05) is 0 Å². The smallest absolute Gasteiger partial charge is 0.174 e. The number of carbonyl (C=O) groups excluding carboxylic acids is 2. The van der Waals surface area contributed by atoms with Gasteiger partial charge in [-0.3, -0.25) is 14.6 Å². The molecule has 0 spiro atoms. The van der Waals surface area contributed by atoms with Crippen LogP contribution >= 0.6 is 15.9 Å². The normalized spacial score (nSPS) is 17.3. The lowest BCUT2D eigenvalue weighted by atomic mass is 9.85. The Hall–Kier alpha value is -2.07. The summed E-state index contributed by atoms with van der Waals surface area (Å²) >= 11 is 3.40. The van der Waals surface area contributed by atoms with Crippen molar-refractivity contribution >= 4 is 27.5 Å². The molecular weight excluding hydrogens is 366 g/mol.